The van der Waals surface area contributed by atoms with Crippen LogP contribution in [-0.2, 0) is 11.2 Å². The van der Waals surface area contributed by atoms with Gasteiger partial charge in [0.05, 0.1) is 15.6 Å². The Balaban J connectivity index is 2.40. The van der Waals surface area contributed by atoms with Gasteiger partial charge in [-0.15, -0.1) is 0 Å². The first-order valence-electron chi connectivity index (χ1n) is 5.71. The summed E-state index contributed by atoms with van der Waals surface area (Å²) in [4.78, 5) is 11.5. The fourth-order valence-electron chi connectivity index (χ4n) is 1.36. The Morgan fingerprint density at radius 2 is 2.00 bits per heavy atom. The molecule has 1 amide bonds. The van der Waals surface area contributed by atoms with E-state index in [0.717, 1.165) is 5.56 Å². The summed E-state index contributed by atoms with van der Waals surface area (Å²) in [7, 11) is 0. The van der Waals surface area contributed by atoms with Crippen molar-refractivity contribution in [2.75, 3.05) is 6.54 Å². The zero-order valence-corrected chi connectivity index (χ0v) is 12.0. The Hall–Kier alpha value is -0.770. The highest BCUT2D eigenvalue weighted by molar-refractivity contribution is 6.42. The third-order valence-corrected chi connectivity index (χ3v) is 3.08. The quantitative estimate of drug-likeness (QED) is 0.876. The predicted octanol–water partition coefficient (Wildman–Crippen LogP) is 2.81. The van der Waals surface area contributed by atoms with E-state index >= 15 is 0 Å². The fraction of sp³-hybridized carbons (Fsp3) is 0.462. The van der Waals surface area contributed by atoms with Gasteiger partial charge in [0.1, 0.15) is 0 Å². The van der Waals surface area contributed by atoms with Crippen molar-refractivity contribution in [2.45, 2.75) is 32.3 Å². The second-order valence-corrected chi connectivity index (χ2v) is 5.65. The molecule has 0 aliphatic carbocycles. The molecule has 0 bridgehead atoms. The lowest BCUT2D eigenvalue weighted by atomic mass is 10.1. The van der Waals surface area contributed by atoms with Crippen LogP contribution in [0.5, 0.6) is 0 Å². The Labute approximate surface area is 117 Å². The van der Waals surface area contributed by atoms with E-state index in [4.69, 9.17) is 23.2 Å². The van der Waals surface area contributed by atoms with Gasteiger partial charge in [0, 0.05) is 13.0 Å². The molecule has 5 heteroatoms. The van der Waals surface area contributed by atoms with Crippen molar-refractivity contribution >= 4 is 29.1 Å². The minimum atomic E-state index is -0.890. The van der Waals surface area contributed by atoms with E-state index in [0.29, 0.717) is 22.9 Å². The van der Waals surface area contributed by atoms with Crippen LogP contribution in [0.4, 0.5) is 0 Å². The molecular formula is C13H17Cl2NO2. The van der Waals surface area contributed by atoms with Crippen LogP contribution < -0.4 is 5.32 Å². The highest BCUT2D eigenvalue weighted by atomic mass is 35.5. The second-order valence-electron chi connectivity index (χ2n) is 4.84. The maximum Gasteiger partial charge on any atom is 0.220 e. The minimum Gasteiger partial charge on any atom is -0.389 e. The molecule has 0 aliphatic rings. The maximum atomic E-state index is 11.5. The van der Waals surface area contributed by atoms with Crippen molar-refractivity contribution in [3.05, 3.63) is 33.8 Å². The molecule has 1 aromatic carbocycles. The summed E-state index contributed by atoms with van der Waals surface area (Å²) in [6, 6.07) is 5.32. The molecule has 0 heterocycles. The molecule has 1 rings (SSSR count). The third-order valence-electron chi connectivity index (χ3n) is 2.34. The first-order chi connectivity index (χ1) is 8.28. The van der Waals surface area contributed by atoms with Crippen molar-refractivity contribution in [1.82, 2.24) is 5.32 Å². The van der Waals surface area contributed by atoms with Gasteiger partial charge in [-0.05, 0) is 38.0 Å². The number of aliphatic hydroxyl groups is 1. The van der Waals surface area contributed by atoms with Crippen LogP contribution in [-0.4, -0.2) is 23.2 Å². The van der Waals surface area contributed by atoms with Crippen molar-refractivity contribution in [3.8, 4) is 0 Å². The SMILES string of the molecule is CC(C)(O)CNC(=O)CCc1ccc(Cl)c(Cl)c1. The molecular weight excluding hydrogens is 273 g/mol. The van der Waals surface area contributed by atoms with Crippen LogP contribution in [0.1, 0.15) is 25.8 Å². The van der Waals surface area contributed by atoms with E-state index in [9.17, 15) is 9.90 Å². The van der Waals surface area contributed by atoms with E-state index in [1.54, 1.807) is 26.0 Å². The lowest BCUT2D eigenvalue weighted by Crippen LogP contribution is -2.38. The Bertz CT molecular complexity index is 427. The molecule has 2 N–H and O–H groups in total. The summed E-state index contributed by atoms with van der Waals surface area (Å²) in [6.07, 6.45) is 0.947. The molecule has 0 spiro atoms. The van der Waals surface area contributed by atoms with Crippen molar-refractivity contribution in [1.29, 1.82) is 0 Å². The van der Waals surface area contributed by atoms with Gasteiger partial charge in [-0.2, -0.15) is 0 Å². The number of hydrogen-bond acceptors (Lipinski definition) is 2. The molecule has 0 atom stereocenters. The smallest absolute Gasteiger partial charge is 0.220 e. The lowest BCUT2D eigenvalue weighted by Gasteiger charge is -2.17. The average Bonchev–Trinajstić information content (AvgIpc) is 2.27. The molecule has 100 valence electrons. The molecule has 0 fully saturated rings. The number of hydrogen-bond donors (Lipinski definition) is 2. The molecule has 1 aromatic rings. The fourth-order valence-corrected chi connectivity index (χ4v) is 1.68. The number of carbonyl (C=O) groups excluding carboxylic acids is 1. The summed E-state index contributed by atoms with van der Waals surface area (Å²) in [5, 5.41) is 13.1. The minimum absolute atomic E-state index is 0.0943. The van der Waals surface area contributed by atoms with Gasteiger partial charge in [0.25, 0.3) is 0 Å². The van der Waals surface area contributed by atoms with Crippen LogP contribution in [0.3, 0.4) is 0 Å². The maximum absolute atomic E-state index is 11.5. The van der Waals surface area contributed by atoms with E-state index in [2.05, 4.69) is 5.32 Å². The zero-order chi connectivity index (χ0) is 13.8. The Morgan fingerprint density at radius 3 is 2.56 bits per heavy atom. The highest BCUT2D eigenvalue weighted by Gasteiger charge is 2.13. The van der Waals surface area contributed by atoms with Gasteiger partial charge in [0.2, 0.25) is 5.91 Å². The number of halogens is 2. The Morgan fingerprint density at radius 1 is 1.33 bits per heavy atom. The first kappa shape index (κ1) is 15.3. The van der Waals surface area contributed by atoms with Gasteiger partial charge in [0.15, 0.2) is 0 Å². The summed E-state index contributed by atoms with van der Waals surface area (Å²) < 4.78 is 0. The number of benzene rings is 1. The van der Waals surface area contributed by atoms with Crippen LogP contribution >= 0.6 is 23.2 Å². The van der Waals surface area contributed by atoms with E-state index < -0.39 is 5.60 Å². The van der Waals surface area contributed by atoms with E-state index in [1.807, 2.05) is 6.07 Å². The molecule has 0 aromatic heterocycles. The predicted molar refractivity (Wildman–Crippen MR) is 74.1 cm³/mol. The van der Waals surface area contributed by atoms with Crippen LogP contribution in [0.15, 0.2) is 18.2 Å². The molecule has 0 saturated carbocycles. The number of aryl methyl sites for hydroxylation is 1. The lowest BCUT2D eigenvalue weighted by molar-refractivity contribution is -0.122. The number of rotatable bonds is 5. The van der Waals surface area contributed by atoms with Gasteiger partial charge in [-0.1, -0.05) is 29.3 Å². The second kappa shape index (κ2) is 6.41. The van der Waals surface area contributed by atoms with Crippen LogP contribution in [0.2, 0.25) is 10.0 Å². The van der Waals surface area contributed by atoms with Crippen molar-refractivity contribution in [2.24, 2.45) is 0 Å². The van der Waals surface area contributed by atoms with Crippen molar-refractivity contribution in [3.63, 3.8) is 0 Å². The topological polar surface area (TPSA) is 49.3 Å². The summed E-state index contributed by atoms with van der Waals surface area (Å²) in [5.41, 5.74) is 0.0713. The number of amides is 1. The Kier molecular flexibility index (Phi) is 5.45. The average molecular weight is 290 g/mol. The van der Waals surface area contributed by atoms with E-state index in [-0.39, 0.29) is 12.5 Å². The summed E-state index contributed by atoms with van der Waals surface area (Å²) in [6.45, 7) is 3.53. The van der Waals surface area contributed by atoms with Crippen LogP contribution in [0, 0.1) is 0 Å². The highest BCUT2D eigenvalue weighted by Crippen LogP contribution is 2.23. The van der Waals surface area contributed by atoms with Gasteiger partial charge < -0.3 is 10.4 Å². The van der Waals surface area contributed by atoms with Gasteiger partial charge >= 0.3 is 0 Å². The van der Waals surface area contributed by atoms with Crippen LogP contribution in [0.25, 0.3) is 0 Å². The zero-order valence-electron chi connectivity index (χ0n) is 10.5. The molecule has 18 heavy (non-hydrogen) atoms. The third kappa shape index (κ3) is 5.71. The largest absolute Gasteiger partial charge is 0.389 e. The normalized spacial score (nSPS) is 11.4. The van der Waals surface area contributed by atoms with E-state index in [1.165, 1.54) is 0 Å². The molecule has 0 aliphatic heterocycles. The molecule has 0 saturated heterocycles. The van der Waals surface area contributed by atoms with Gasteiger partial charge in [-0.3, -0.25) is 4.79 Å². The number of carbonyl (C=O) groups is 1. The van der Waals surface area contributed by atoms with Gasteiger partial charge in [-0.25, -0.2) is 0 Å². The molecule has 0 radical (unpaired) electrons. The molecule has 3 nitrogen and oxygen atoms in total. The monoisotopic (exact) mass is 289 g/mol. The first-order valence-corrected chi connectivity index (χ1v) is 6.46. The summed E-state index contributed by atoms with van der Waals surface area (Å²) in [5.74, 6) is -0.0943. The summed E-state index contributed by atoms with van der Waals surface area (Å²) >= 11 is 11.7. The molecule has 0 unspecified atom stereocenters. The van der Waals surface area contributed by atoms with Crippen molar-refractivity contribution < 1.29 is 9.90 Å². The standard InChI is InChI=1S/C13H17Cl2NO2/c1-13(2,18)8-16-12(17)6-4-9-3-5-10(14)11(15)7-9/h3,5,7,18H,4,6,8H2,1-2H3,(H,16,17). The number of nitrogens with one attached hydrogen (secondary N) is 1.